The molecule has 0 saturated heterocycles. The first-order valence-corrected chi connectivity index (χ1v) is 11.2. The van der Waals surface area contributed by atoms with Crippen molar-refractivity contribution in [2.24, 2.45) is 0 Å². The van der Waals surface area contributed by atoms with Gasteiger partial charge in [-0.2, -0.15) is 0 Å². The van der Waals surface area contributed by atoms with Crippen molar-refractivity contribution in [2.45, 2.75) is 77.4 Å². The Hall–Kier alpha value is -1.23. The van der Waals surface area contributed by atoms with E-state index >= 15 is 0 Å². The average molecular weight is 371 g/mol. The van der Waals surface area contributed by atoms with Crippen LogP contribution in [-0.4, -0.2) is 31.1 Å². The fourth-order valence-electron chi connectivity index (χ4n) is 2.57. The number of benzene rings is 1. The lowest BCUT2D eigenvalue weighted by molar-refractivity contribution is 0.292. The van der Waals surface area contributed by atoms with Gasteiger partial charge in [0.15, 0.2) is 21.3 Å². The molecule has 1 aromatic rings. The van der Waals surface area contributed by atoms with Gasteiger partial charge in [-0.1, -0.05) is 38.7 Å². The summed E-state index contributed by atoms with van der Waals surface area (Å²) in [6, 6.07) is 5.64. The van der Waals surface area contributed by atoms with E-state index in [1.165, 1.54) is 0 Å². The fourth-order valence-corrected chi connectivity index (χ4v) is 3.64. The molecule has 0 spiro atoms. The quantitative estimate of drug-likeness (QED) is 0.502. The van der Waals surface area contributed by atoms with Crippen LogP contribution in [0.2, 0.25) is 0 Å². The van der Waals surface area contributed by atoms with Crippen molar-refractivity contribution in [3.8, 4) is 11.5 Å². The first kappa shape index (κ1) is 21.8. The van der Waals surface area contributed by atoms with E-state index in [1.807, 2.05) is 12.1 Å². The third-order valence-electron chi connectivity index (χ3n) is 4.39. The van der Waals surface area contributed by atoms with Gasteiger partial charge in [0.25, 0.3) is 0 Å². The van der Waals surface area contributed by atoms with Crippen molar-refractivity contribution in [3.05, 3.63) is 23.8 Å². The molecule has 0 aliphatic carbocycles. The van der Waals surface area contributed by atoms with Gasteiger partial charge in [0.1, 0.15) is 0 Å². The number of phenolic OH excluding ortho intramolecular Hbond substituents is 1. The Labute approximate surface area is 153 Å². The van der Waals surface area contributed by atoms with Crippen molar-refractivity contribution >= 4 is 9.84 Å². The van der Waals surface area contributed by atoms with E-state index in [0.717, 1.165) is 56.9 Å². The van der Waals surface area contributed by atoms with Crippen LogP contribution in [0.3, 0.4) is 0 Å². The Kier molecular flexibility index (Phi) is 9.94. The van der Waals surface area contributed by atoms with Crippen molar-refractivity contribution in [3.63, 3.8) is 0 Å². The summed E-state index contributed by atoms with van der Waals surface area (Å²) in [6.07, 6.45) is 7.88. The Bertz CT molecular complexity index is 594. The monoisotopic (exact) mass is 370 g/mol. The molecule has 0 aromatic heterocycles. The molecule has 0 heterocycles. The van der Waals surface area contributed by atoms with Crippen molar-refractivity contribution < 1.29 is 18.3 Å². The van der Waals surface area contributed by atoms with E-state index in [0.29, 0.717) is 18.1 Å². The highest BCUT2D eigenvalue weighted by Gasteiger charge is 2.14. The maximum absolute atomic E-state index is 11.7. The van der Waals surface area contributed by atoms with Crippen molar-refractivity contribution in [1.82, 2.24) is 0 Å². The second-order valence-electron chi connectivity index (χ2n) is 6.94. The van der Waals surface area contributed by atoms with Gasteiger partial charge >= 0.3 is 0 Å². The minimum absolute atomic E-state index is 0.215. The molecule has 1 aromatic carbocycles. The van der Waals surface area contributed by atoms with Gasteiger partial charge in [-0.3, -0.25) is 0 Å². The molecule has 1 N–H and O–H groups in total. The van der Waals surface area contributed by atoms with E-state index < -0.39 is 9.84 Å². The minimum atomic E-state index is -2.89. The largest absolute Gasteiger partial charge is 0.504 e. The molecule has 0 bridgehead atoms. The topological polar surface area (TPSA) is 63.6 Å². The Morgan fingerprint density at radius 2 is 1.72 bits per heavy atom. The van der Waals surface area contributed by atoms with E-state index in [4.69, 9.17) is 4.74 Å². The minimum Gasteiger partial charge on any atom is -0.504 e. The number of rotatable bonds is 13. The predicted octanol–water partition coefficient (Wildman–Crippen LogP) is 4.89. The number of phenols is 1. The Balaban J connectivity index is 2.21. The summed E-state index contributed by atoms with van der Waals surface area (Å²) in [4.78, 5) is 0. The average Bonchev–Trinajstić information content (AvgIpc) is 2.55. The number of ether oxygens (including phenoxy) is 1. The molecule has 1 rings (SSSR count). The smallest absolute Gasteiger partial charge is 0.160 e. The van der Waals surface area contributed by atoms with Gasteiger partial charge < -0.3 is 9.84 Å². The van der Waals surface area contributed by atoms with Gasteiger partial charge in [-0.25, -0.2) is 8.42 Å². The lowest BCUT2D eigenvalue weighted by Gasteiger charge is -2.09. The van der Waals surface area contributed by atoms with Crippen LogP contribution in [0.15, 0.2) is 18.2 Å². The fraction of sp³-hybridized carbons (Fsp3) is 0.700. The molecule has 4 nitrogen and oxygen atoms in total. The second kappa shape index (κ2) is 11.4. The van der Waals surface area contributed by atoms with Crippen LogP contribution in [0.25, 0.3) is 0 Å². The van der Waals surface area contributed by atoms with E-state index in [1.54, 1.807) is 19.9 Å². The van der Waals surface area contributed by atoms with Crippen LogP contribution in [0.1, 0.15) is 71.3 Å². The van der Waals surface area contributed by atoms with Gasteiger partial charge in [0.2, 0.25) is 0 Å². The SMILES string of the molecule is CCCCOc1ccc(CCCCCCCS(=O)(=O)C(C)C)cc1O. The zero-order valence-electron chi connectivity index (χ0n) is 16.0. The van der Waals surface area contributed by atoms with Gasteiger partial charge in [0.05, 0.1) is 17.6 Å². The number of sulfone groups is 1. The highest BCUT2D eigenvalue weighted by atomic mass is 32.2. The summed E-state index contributed by atoms with van der Waals surface area (Å²) in [6.45, 7) is 6.22. The van der Waals surface area contributed by atoms with E-state index in [2.05, 4.69) is 6.92 Å². The molecule has 0 amide bonds. The maximum atomic E-state index is 11.7. The third-order valence-corrected chi connectivity index (χ3v) is 6.69. The maximum Gasteiger partial charge on any atom is 0.160 e. The number of hydrogen-bond acceptors (Lipinski definition) is 4. The molecule has 5 heteroatoms. The molecular weight excluding hydrogens is 336 g/mol. The molecule has 0 unspecified atom stereocenters. The van der Waals surface area contributed by atoms with Crippen molar-refractivity contribution in [1.29, 1.82) is 0 Å². The van der Waals surface area contributed by atoms with Gasteiger partial charge in [0, 0.05) is 0 Å². The van der Waals surface area contributed by atoms with E-state index in [-0.39, 0.29) is 11.0 Å². The van der Waals surface area contributed by atoms with Gasteiger partial charge in [-0.15, -0.1) is 0 Å². The second-order valence-corrected chi connectivity index (χ2v) is 9.61. The molecule has 0 fully saturated rings. The summed E-state index contributed by atoms with van der Waals surface area (Å²) in [5, 5.41) is 9.73. The van der Waals surface area contributed by atoms with Crippen molar-refractivity contribution in [2.75, 3.05) is 12.4 Å². The normalized spacial score (nSPS) is 11.8. The van der Waals surface area contributed by atoms with Crippen LogP contribution < -0.4 is 4.74 Å². The predicted molar refractivity (Wildman–Crippen MR) is 104 cm³/mol. The summed E-state index contributed by atoms with van der Waals surface area (Å²) in [7, 11) is -2.89. The number of hydrogen-bond donors (Lipinski definition) is 1. The lowest BCUT2D eigenvalue weighted by atomic mass is 10.1. The summed E-state index contributed by atoms with van der Waals surface area (Å²) in [5.41, 5.74) is 1.11. The molecule has 25 heavy (non-hydrogen) atoms. The number of aryl methyl sites for hydroxylation is 1. The molecule has 0 atom stereocenters. The zero-order chi connectivity index (χ0) is 18.7. The molecule has 0 aliphatic rings. The first-order valence-electron chi connectivity index (χ1n) is 9.53. The number of aromatic hydroxyl groups is 1. The van der Waals surface area contributed by atoms with Gasteiger partial charge in [-0.05, 0) is 57.2 Å². The highest BCUT2D eigenvalue weighted by molar-refractivity contribution is 7.91. The first-order chi connectivity index (χ1) is 11.9. The Morgan fingerprint density at radius 1 is 1.04 bits per heavy atom. The van der Waals surface area contributed by atoms with Crippen LogP contribution in [0.4, 0.5) is 0 Å². The zero-order valence-corrected chi connectivity index (χ0v) is 16.8. The standard InChI is InChI=1S/C20H34O4S/c1-4-5-14-24-20-13-12-18(16-19(20)21)11-9-7-6-8-10-15-25(22,23)17(2)3/h12-13,16-17,21H,4-11,14-15H2,1-3H3. The van der Waals surface area contributed by atoms with Crippen LogP contribution in [0, 0.1) is 0 Å². The van der Waals surface area contributed by atoms with Crippen LogP contribution in [0.5, 0.6) is 11.5 Å². The van der Waals surface area contributed by atoms with Crippen LogP contribution in [-0.2, 0) is 16.3 Å². The molecule has 0 saturated carbocycles. The summed E-state index contributed by atoms with van der Waals surface area (Å²) < 4.78 is 29.0. The number of unbranched alkanes of at least 4 members (excludes halogenated alkanes) is 5. The highest BCUT2D eigenvalue weighted by Crippen LogP contribution is 2.27. The van der Waals surface area contributed by atoms with Crippen LogP contribution >= 0.6 is 0 Å². The van der Waals surface area contributed by atoms with E-state index in [9.17, 15) is 13.5 Å². The molecule has 144 valence electrons. The Morgan fingerprint density at radius 3 is 2.36 bits per heavy atom. The molecule has 0 aliphatic heterocycles. The molecule has 0 radical (unpaired) electrons. The molecular formula is C20H34O4S. The lowest BCUT2D eigenvalue weighted by Crippen LogP contribution is -2.17. The third kappa shape index (κ3) is 8.61. The summed E-state index contributed by atoms with van der Waals surface area (Å²) in [5.74, 6) is 1.08. The summed E-state index contributed by atoms with van der Waals surface area (Å²) >= 11 is 0.